The van der Waals surface area contributed by atoms with Crippen LogP contribution in [-0.2, 0) is 16.1 Å². The van der Waals surface area contributed by atoms with Crippen molar-refractivity contribution in [2.24, 2.45) is 0 Å². The number of carbonyl (C=O) groups excluding carboxylic acids is 2. The Morgan fingerprint density at radius 2 is 1.83 bits per heavy atom. The van der Waals surface area contributed by atoms with Gasteiger partial charge in [0, 0.05) is 23.6 Å². The zero-order valence-corrected chi connectivity index (χ0v) is 19.1. The fraction of sp³-hybridized carbons (Fsp3) is 0.160. The van der Waals surface area contributed by atoms with Gasteiger partial charge < -0.3 is 10.1 Å². The van der Waals surface area contributed by atoms with E-state index in [0.717, 1.165) is 21.5 Å². The van der Waals surface area contributed by atoms with Crippen LogP contribution in [0.2, 0.25) is 0 Å². The van der Waals surface area contributed by atoms with Crippen molar-refractivity contribution >= 4 is 28.7 Å². The van der Waals surface area contributed by atoms with Gasteiger partial charge in [-0.15, -0.1) is 5.10 Å². The number of nitrogens with zero attached hydrogens (tertiary/aromatic N) is 5. The van der Waals surface area contributed by atoms with E-state index >= 15 is 0 Å². The van der Waals surface area contributed by atoms with Crippen molar-refractivity contribution in [3.8, 4) is 11.3 Å². The molecule has 1 amide bonds. The maximum atomic E-state index is 12.9. The number of fused-ring (bicyclic) bond motifs is 3. The van der Waals surface area contributed by atoms with Gasteiger partial charge in [-0.1, -0.05) is 35.9 Å². The van der Waals surface area contributed by atoms with Gasteiger partial charge in [-0.3, -0.25) is 4.79 Å². The predicted molar refractivity (Wildman–Crippen MR) is 129 cm³/mol. The first kappa shape index (κ1) is 22.1. The summed E-state index contributed by atoms with van der Waals surface area (Å²) in [7, 11) is 0. The molecule has 10 nitrogen and oxygen atoms in total. The van der Waals surface area contributed by atoms with E-state index in [0.29, 0.717) is 22.4 Å². The number of nitrogens with one attached hydrogen (secondary N) is 1. The van der Waals surface area contributed by atoms with Crippen LogP contribution in [0.15, 0.2) is 71.8 Å². The van der Waals surface area contributed by atoms with Gasteiger partial charge in [0.25, 0.3) is 0 Å². The molecule has 176 valence electrons. The van der Waals surface area contributed by atoms with Crippen molar-refractivity contribution in [2.75, 3.05) is 11.9 Å². The molecule has 0 fully saturated rings. The first-order chi connectivity index (χ1) is 16.9. The highest BCUT2D eigenvalue weighted by molar-refractivity contribution is 5.94. The highest BCUT2D eigenvalue weighted by atomic mass is 16.5. The summed E-state index contributed by atoms with van der Waals surface area (Å²) in [6.07, 6.45) is 3.25. The summed E-state index contributed by atoms with van der Waals surface area (Å²) in [5.41, 5.74) is 4.16. The third-order valence-electron chi connectivity index (χ3n) is 5.49. The van der Waals surface area contributed by atoms with Crippen molar-refractivity contribution in [2.45, 2.75) is 20.4 Å². The van der Waals surface area contributed by atoms with Gasteiger partial charge in [-0.05, 0) is 38.1 Å². The van der Waals surface area contributed by atoms with E-state index in [1.807, 2.05) is 37.3 Å². The fourth-order valence-electron chi connectivity index (χ4n) is 3.78. The largest absolute Gasteiger partial charge is 0.462 e. The summed E-state index contributed by atoms with van der Waals surface area (Å²) >= 11 is 0. The summed E-state index contributed by atoms with van der Waals surface area (Å²) in [6, 6.07) is 16.3. The maximum Gasteiger partial charge on any atom is 0.350 e. The SMILES string of the molecule is CCOC(=O)c1cccc(NC(=O)Cn2nc3c4cc(-c5ccc(C)cc5)nn4ccn3c2=O)c1. The monoisotopic (exact) mass is 470 g/mol. The van der Waals surface area contributed by atoms with Crippen molar-refractivity contribution < 1.29 is 14.3 Å². The highest BCUT2D eigenvalue weighted by Gasteiger charge is 2.16. The number of aromatic nitrogens is 5. The molecule has 0 radical (unpaired) electrons. The van der Waals surface area contributed by atoms with Crippen LogP contribution in [0.5, 0.6) is 0 Å². The maximum absolute atomic E-state index is 12.9. The summed E-state index contributed by atoms with van der Waals surface area (Å²) in [5, 5.41) is 11.7. The molecule has 0 aliphatic heterocycles. The minimum absolute atomic E-state index is 0.253. The van der Waals surface area contributed by atoms with Crippen molar-refractivity contribution in [3.63, 3.8) is 0 Å². The average Bonchev–Trinajstić information content (AvgIpc) is 3.41. The standard InChI is InChI=1S/C25H22N6O4/c1-3-35-24(33)18-5-4-6-19(13-18)26-22(32)15-31-25(34)29-11-12-30-21(23(29)28-31)14-20(27-30)17-9-7-16(2)8-10-17/h4-14H,3,15H2,1-2H3,(H,26,32). The second-order valence-corrected chi connectivity index (χ2v) is 8.01. The lowest BCUT2D eigenvalue weighted by Crippen LogP contribution is -2.28. The first-order valence-electron chi connectivity index (χ1n) is 11.0. The van der Waals surface area contributed by atoms with Crippen LogP contribution in [0.3, 0.4) is 0 Å². The van der Waals surface area contributed by atoms with Crippen LogP contribution in [-0.4, -0.2) is 42.3 Å². The van der Waals surface area contributed by atoms with Gasteiger partial charge in [0.05, 0.1) is 17.9 Å². The van der Waals surface area contributed by atoms with Gasteiger partial charge in [0.2, 0.25) is 5.91 Å². The second kappa shape index (κ2) is 8.90. The lowest BCUT2D eigenvalue weighted by molar-refractivity contribution is -0.117. The minimum Gasteiger partial charge on any atom is -0.462 e. The molecule has 0 aliphatic rings. The Kier molecular flexibility index (Phi) is 5.61. The molecule has 0 aliphatic carbocycles. The molecule has 3 aromatic heterocycles. The number of carbonyl (C=O) groups is 2. The molecule has 35 heavy (non-hydrogen) atoms. The van der Waals surface area contributed by atoms with Crippen LogP contribution in [0, 0.1) is 6.92 Å². The van der Waals surface area contributed by atoms with Crippen molar-refractivity contribution in [1.82, 2.24) is 23.8 Å². The molecule has 1 N–H and O–H groups in total. The molecular weight excluding hydrogens is 448 g/mol. The van der Waals surface area contributed by atoms with E-state index in [1.54, 1.807) is 42.0 Å². The number of esters is 1. The Morgan fingerprint density at radius 3 is 2.60 bits per heavy atom. The Labute approximate surface area is 199 Å². The van der Waals surface area contributed by atoms with Crippen LogP contribution >= 0.6 is 0 Å². The molecule has 10 heteroatoms. The molecule has 0 saturated carbocycles. The topological polar surface area (TPSA) is 112 Å². The fourth-order valence-corrected chi connectivity index (χ4v) is 3.78. The van der Waals surface area contributed by atoms with Gasteiger partial charge in [0.15, 0.2) is 5.65 Å². The number of benzene rings is 2. The number of hydrogen-bond acceptors (Lipinski definition) is 6. The number of aryl methyl sites for hydroxylation is 1. The molecule has 5 aromatic rings. The van der Waals surface area contributed by atoms with Crippen LogP contribution in [0.1, 0.15) is 22.8 Å². The van der Waals surface area contributed by atoms with Gasteiger partial charge in [-0.25, -0.2) is 23.2 Å². The summed E-state index contributed by atoms with van der Waals surface area (Å²) < 4.78 is 9.12. The molecule has 5 rings (SSSR count). The predicted octanol–water partition coefficient (Wildman–Crippen LogP) is 2.93. The minimum atomic E-state index is -0.477. The Morgan fingerprint density at radius 1 is 1.03 bits per heavy atom. The Bertz CT molecular complexity index is 1630. The zero-order chi connectivity index (χ0) is 24.5. The molecular formula is C25H22N6O4. The van der Waals surface area contributed by atoms with Gasteiger partial charge >= 0.3 is 11.7 Å². The van der Waals surface area contributed by atoms with Crippen LogP contribution in [0.4, 0.5) is 5.69 Å². The quantitative estimate of drug-likeness (QED) is 0.382. The van der Waals surface area contributed by atoms with E-state index in [1.165, 1.54) is 10.5 Å². The number of amides is 1. The molecule has 0 saturated heterocycles. The zero-order valence-electron chi connectivity index (χ0n) is 19.1. The summed E-state index contributed by atoms with van der Waals surface area (Å²) in [6.45, 7) is 3.69. The van der Waals surface area contributed by atoms with E-state index in [9.17, 15) is 14.4 Å². The third-order valence-corrected chi connectivity index (χ3v) is 5.49. The van der Waals surface area contributed by atoms with E-state index in [2.05, 4.69) is 15.5 Å². The third kappa shape index (κ3) is 4.29. The average molecular weight is 470 g/mol. The van der Waals surface area contributed by atoms with E-state index in [4.69, 9.17) is 4.74 Å². The molecule has 0 spiro atoms. The van der Waals surface area contributed by atoms with Crippen LogP contribution < -0.4 is 11.0 Å². The lowest BCUT2D eigenvalue weighted by atomic mass is 10.1. The molecule has 2 aromatic carbocycles. The Balaban J connectivity index is 1.41. The number of ether oxygens (including phenoxy) is 1. The smallest absolute Gasteiger partial charge is 0.350 e. The van der Waals surface area contributed by atoms with Crippen molar-refractivity contribution in [3.05, 3.63) is 88.6 Å². The van der Waals surface area contributed by atoms with Crippen molar-refractivity contribution in [1.29, 1.82) is 0 Å². The summed E-state index contributed by atoms with van der Waals surface area (Å²) in [4.78, 5) is 37.5. The van der Waals surface area contributed by atoms with Gasteiger partial charge in [-0.2, -0.15) is 5.10 Å². The molecule has 0 atom stereocenters. The van der Waals surface area contributed by atoms with E-state index in [-0.39, 0.29) is 13.2 Å². The molecule has 0 unspecified atom stereocenters. The molecule has 0 bridgehead atoms. The Hall–Kier alpha value is -4.73. The highest BCUT2D eigenvalue weighted by Crippen LogP contribution is 2.21. The number of anilines is 1. The first-order valence-corrected chi connectivity index (χ1v) is 11.0. The molecule has 3 heterocycles. The summed E-state index contributed by atoms with van der Waals surface area (Å²) in [5.74, 6) is -0.934. The normalized spacial score (nSPS) is 11.1. The van der Waals surface area contributed by atoms with E-state index < -0.39 is 17.6 Å². The number of hydrogen-bond donors (Lipinski definition) is 1. The van der Waals surface area contributed by atoms with Gasteiger partial charge in [0.1, 0.15) is 12.1 Å². The second-order valence-electron chi connectivity index (χ2n) is 8.01. The lowest BCUT2D eigenvalue weighted by Gasteiger charge is -2.07. The van der Waals surface area contributed by atoms with Crippen LogP contribution in [0.25, 0.3) is 22.4 Å². The number of rotatable bonds is 6.